The van der Waals surface area contributed by atoms with Crippen molar-refractivity contribution in [3.05, 3.63) is 28.7 Å². The number of ether oxygens (including phenoxy) is 1. The van der Waals surface area contributed by atoms with E-state index in [2.05, 4.69) is 31.9 Å². The summed E-state index contributed by atoms with van der Waals surface area (Å²) in [6.07, 6.45) is 0.914. The summed E-state index contributed by atoms with van der Waals surface area (Å²) >= 11 is 3.32. The van der Waals surface area contributed by atoms with Crippen LogP contribution in [0.3, 0.4) is 0 Å². The second-order valence-corrected chi connectivity index (χ2v) is 6.62. The van der Waals surface area contributed by atoms with Crippen molar-refractivity contribution >= 4 is 39.5 Å². The van der Waals surface area contributed by atoms with Gasteiger partial charge in [-0.25, -0.2) is 4.79 Å². The Morgan fingerprint density at radius 2 is 1.80 bits per heavy atom. The standard InChI is InChI=1S/C17H24BrN3O4/c1-4-5-14(16(23)19-10-15(22)25-11(2)3)21-17(24)20-13-8-6-12(18)7-9-13/h6-9,11,14H,4-5,10H2,1-3H3,(H,19,23)(H2,20,21,24). The fraction of sp³-hybridized carbons (Fsp3) is 0.471. The van der Waals surface area contributed by atoms with Crippen LogP contribution in [0.25, 0.3) is 0 Å². The van der Waals surface area contributed by atoms with E-state index in [0.717, 1.165) is 4.47 Å². The molecule has 25 heavy (non-hydrogen) atoms. The van der Waals surface area contributed by atoms with E-state index in [1.807, 2.05) is 6.92 Å². The molecule has 8 heteroatoms. The van der Waals surface area contributed by atoms with Gasteiger partial charge in [0.2, 0.25) is 5.91 Å². The van der Waals surface area contributed by atoms with Crippen LogP contribution >= 0.6 is 15.9 Å². The Hall–Kier alpha value is -2.09. The number of esters is 1. The van der Waals surface area contributed by atoms with Crippen LogP contribution < -0.4 is 16.0 Å². The predicted octanol–water partition coefficient (Wildman–Crippen LogP) is 2.81. The molecule has 3 N–H and O–H groups in total. The van der Waals surface area contributed by atoms with E-state index in [1.54, 1.807) is 38.1 Å². The van der Waals surface area contributed by atoms with Gasteiger partial charge in [-0.05, 0) is 44.5 Å². The van der Waals surface area contributed by atoms with Crippen LogP contribution in [0.5, 0.6) is 0 Å². The number of amides is 3. The molecule has 3 amide bonds. The van der Waals surface area contributed by atoms with Crippen LogP contribution in [-0.2, 0) is 14.3 Å². The molecule has 1 rings (SSSR count). The topological polar surface area (TPSA) is 96.5 Å². The van der Waals surface area contributed by atoms with Crippen molar-refractivity contribution in [1.29, 1.82) is 0 Å². The average molecular weight is 414 g/mol. The second-order valence-electron chi connectivity index (χ2n) is 5.70. The minimum absolute atomic E-state index is 0.229. The highest BCUT2D eigenvalue weighted by Gasteiger charge is 2.20. The third-order valence-electron chi connectivity index (χ3n) is 3.08. The number of urea groups is 1. The van der Waals surface area contributed by atoms with Gasteiger partial charge in [0.25, 0.3) is 0 Å². The Labute approximate surface area is 156 Å². The maximum absolute atomic E-state index is 12.2. The first-order valence-electron chi connectivity index (χ1n) is 8.12. The van der Waals surface area contributed by atoms with Gasteiger partial charge in [-0.2, -0.15) is 0 Å². The first-order valence-corrected chi connectivity index (χ1v) is 8.91. The fourth-order valence-corrected chi connectivity index (χ4v) is 2.27. The maximum atomic E-state index is 12.2. The summed E-state index contributed by atoms with van der Waals surface area (Å²) in [6, 6.07) is 5.85. The second kappa shape index (κ2) is 10.7. The van der Waals surface area contributed by atoms with Crippen molar-refractivity contribution in [2.45, 2.75) is 45.8 Å². The molecule has 0 aliphatic carbocycles. The number of benzene rings is 1. The van der Waals surface area contributed by atoms with Crippen LogP contribution in [0.4, 0.5) is 10.5 Å². The zero-order valence-electron chi connectivity index (χ0n) is 14.6. The molecular formula is C17H24BrN3O4. The summed E-state index contributed by atoms with van der Waals surface area (Å²) in [6.45, 7) is 5.14. The monoisotopic (exact) mass is 413 g/mol. The fourth-order valence-electron chi connectivity index (χ4n) is 2.00. The summed E-state index contributed by atoms with van der Waals surface area (Å²) in [7, 11) is 0. The first kappa shape index (κ1) is 21.0. The van der Waals surface area contributed by atoms with Gasteiger partial charge in [0.1, 0.15) is 12.6 Å². The molecule has 1 aromatic rings. The van der Waals surface area contributed by atoms with E-state index >= 15 is 0 Å². The maximum Gasteiger partial charge on any atom is 0.325 e. The van der Waals surface area contributed by atoms with Crippen LogP contribution in [0, 0.1) is 0 Å². The molecule has 0 bridgehead atoms. The molecular weight excluding hydrogens is 390 g/mol. The summed E-state index contributed by atoms with van der Waals surface area (Å²) in [5.41, 5.74) is 0.608. The first-order chi connectivity index (χ1) is 11.8. The highest BCUT2D eigenvalue weighted by molar-refractivity contribution is 9.10. The Balaban J connectivity index is 2.53. The number of hydrogen-bond donors (Lipinski definition) is 3. The Morgan fingerprint density at radius 1 is 1.16 bits per heavy atom. The van der Waals surface area contributed by atoms with Crippen LogP contribution in [0.15, 0.2) is 28.7 Å². The van der Waals surface area contributed by atoms with Crippen molar-refractivity contribution in [1.82, 2.24) is 10.6 Å². The Kier molecular flexibility index (Phi) is 8.98. The van der Waals surface area contributed by atoms with Crippen LogP contribution in [0.1, 0.15) is 33.6 Å². The lowest BCUT2D eigenvalue weighted by molar-refractivity contribution is -0.147. The number of carbonyl (C=O) groups excluding carboxylic acids is 3. The number of halogens is 1. The van der Waals surface area contributed by atoms with E-state index in [9.17, 15) is 14.4 Å². The largest absolute Gasteiger partial charge is 0.462 e. The lowest BCUT2D eigenvalue weighted by Gasteiger charge is -2.18. The minimum atomic E-state index is -0.729. The van der Waals surface area contributed by atoms with Crippen molar-refractivity contribution in [3.63, 3.8) is 0 Å². The van der Waals surface area contributed by atoms with E-state index in [-0.39, 0.29) is 12.6 Å². The van der Waals surface area contributed by atoms with Gasteiger partial charge in [0, 0.05) is 10.2 Å². The average Bonchev–Trinajstić information content (AvgIpc) is 2.53. The van der Waals surface area contributed by atoms with Gasteiger partial charge in [-0.1, -0.05) is 29.3 Å². The van der Waals surface area contributed by atoms with E-state index in [4.69, 9.17) is 4.74 Å². The smallest absolute Gasteiger partial charge is 0.325 e. The highest BCUT2D eigenvalue weighted by atomic mass is 79.9. The molecule has 0 aliphatic heterocycles. The number of rotatable bonds is 8. The minimum Gasteiger partial charge on any atom is -0.462 e. The van der Waals surface area contributed by atoms with E-state index in [1.165, 1.54) is 0 Å². The van der Waals surface area contributed by atoms with Crippen molar-refractivity contribution in [3.8, 4) is 0 Å². The molecule has 0 saturated carbocycles. The number of carbonyl (C=O) groups is 3. The Morgan fingerprint density at radius 3 is 2.36 bits per heavy atom. The van der Waals surface area contributed by atoms with Crippen molar-refractivity contribution in [2.75, 3.05) is 11.9 Å². The molecule has 0 fully saturated rings. The normalized spacial score (nSPS) is 11.6. The van der Waals surface area contributed by atoms with E-state index < -0.39 is 23.9 Å². The highest BCUT2D eigenvalue weighted by Crippen LogP contribution is 2.14. The number of anilines is 1. The quantitative estimate of drug-likeness (QED) is 0.570. The van der Waals surface area contributed by atoms with Gasteiger partial charge in [0.15, 0.2) is 0 Å². The molecule has 7 nitrogen and oxygen atoms in total. The molecule has 0 spiro atoms. The molecule has 1 unspecified atom stereocenters. The molecule has 138 valence electrons. The third-order valence-corrected chi connectivity index (χ3v) is 3.60. The lowest BCUT2D eigenvalue weighted by atomic mass is 10.1. The zero-order valence-corrected chi connectivity index (χ0v) is 16.2. The van der Waals surface area contributed by atoms with Gasteiger partial charge >= 0.3 is 12.0 Å². The molecule has 0 radical (unpaired) electrons. The van der Waals surface area contributed by atoms with Gasteiger partial charge in [-0.15, -0.1) is 0 Å². The lowest BCUT2D eigenvalue weighted by Crippen LogP contribution is -2.49. The Bertz CT molecular complexity index is 590. The molecule has 0 heterocycles. The van der Waals surface area contributed by atoms with Crippen LogP contribution in [-0.4, -0.2) is 36.6 Å². The molecule has 1 atom stereocenters. The number of nitrogens with one attached hydrogen (secondary N) is 3. The summed E-state index contributed by atoms with van der Waals surface area (Å²) in [5, 5.41) is 7.77. The predicted molar refractivity (Wildman–Crippen MR) is 99.2 cm³/mol. The molecule has 0 aliphatic rings. The molecule has 0 aromatic heterocycles. The third kappa shape index (κ3) is 8.53. The molecule has 1 aromatic carbocycles. The number of hydrogen-bond acceptors (Lipinski definition) is 4. The van der Waals surface area contributed by atoms with Crippen molar-refractivity contribution < 1.29 is 19.1 Å². The molecule has 0 saturated heterocycles. The van der Waals surface area contributed by atoms with Gasteiger partial charge in [0.05, 0.1) is 6.10 Å². The van der Waals surface area contributed by atoms with Crippen molar-refractivity contribution in [2.24, 2.45) is 0 Å². The summed E-state index contributed by atoms with van der Waals surface area (Å²) in [4.78, 5) is 35.7. The summed E-state index contributed by atoms with van der Waals surface area (Å²) in [5.74, 6) is -0.938. The van der Waals surface area contributed by atoms with Gasteiger partial charge < -0.3 is 20.7 Å². The SMILES string of the molecule is CCCC(NC(=O)Nc1ccc(Br)cc1)C(=O)NCC(=O)OC(C)C. The zero-order chi connectivity index (χ0) is 18.8. The van der Waals surface area contributed by atoms with Crippen LogP contribution in [0.2, 0.25) is 0 Å². The van der Waals surface area contributed by atoms with Gasteiger partial charge in [-0.3, -0.25) is 9.59 Å². The summed E-state index contributed by atoms with van der Waals surface area (Å²) < 4.78 is 5.85. The van der Waals surface area contributed by atoms with E-state index in [0.29, 0.717) is 18.5 Å².